The first-order valence-electron chi connectivity index (χ1n) is 8.18. The third-order valence-electron chi connectivity index (χ3n) is 3.30. The molecule has 0 aliphatic carbocycles. The highest BCUT2D eigenvalue weighted by Gasteiger charge is 1.96. The Morgan fingerprint density at radius 2 is 1.30 bits per heavy atom. The number of rotatable bonds is 15. The maximum atomic E-state index is 10.8. The van der Waals surface area contributed by atoms with Crippen LogP contribution in [0, 0.1) is 0 Å². The summed E-state index contributed by atoms with van der Waals surface area (Å²) in [6.45, 7) is 7.70. The fourth-order valence-corrected chi connectivity index (χ4v) is 2.10. The average Bonchev–Trinajstić information content (AvgIpc) is 2.47. The third-order valence-corrected chi connectivity index (χ3v) is 3.30. The first-order chi connectivity index (χ1) is 9.81. The SMILES string of the molecule is C=CC(=O)OCCCCCCCCCCCCOCC. The maximum Gasteiger partial charge on any atom is 0.330 e. The van der Waals surface area contributed by atoms with Crippen molar-refractivity contribution in [3.63, 3.8) is 0 Å². The van der Waals surface area contributed by atoms with Crippen molar-refractivity contribution >= 4 is 5.97 Å². The summed E-state index contributed by atoms with van der Waals surface area (Å²) in [6.07, 6.45) is 13.8. The number of esters is 1. The highest BCUT2D eigenvalue weighted by molar-refractivity contribution is 5.81. The van der Waals surface area contributed by atoms with Crippen molar-refractivity contribution in [2.45, 2.75) is 71.1 Å². The molecule has 0 bridgehead atoms. The molecule has 0 heterocycles. The van der Waals surface area contributed by atoms with Crippen molar-refractivity contribution in [3.05, 3.63) is 12.7 Å². The molecular formula is C17H32O3. The molecule has 0 amide bonds. The van der Waals surface area contributed by atoms with Gasteiger partial charge in [0.15, 0.2) is 0 Å². The second-order valence-corrected chi connectivity index (χ2v) is 5.10. The lowest BCUT2D eigenvalue weighted by Gasteiger charge is -2.04. The highest BCUT2D eigenvalue weighted by Crippen LogP contribution is 2.10. The summed E-state index contributed by atoms with van der Waals surface area (Å²) in [4.78, 5) is 10.8. The quantitative estimate of drug-likeness (QED) is 0.249. The van der Waals surface area contributed by atoms with E-state index in [0.29, 0.717) is 6.61 Å². The van der Waals surface area contributed by atoms with Crippen LogP contribution in [0.15, 0.2) is 12.7 Å². The molecule has 0 atom stereocenters. The molecule has 0 aliphatic rings. The first-order valence-corrected chi connectivity index (χ1v) is 8.18. The maximum absolute atomic E-state index is 10.8. The van der Waals surface area contributed by atoms with Crippen LogP contribution >= 0.6 is 0 Å². The molecule has 118 valence electrons. The van der Waals surface area contributed by atoms with Gasteiger partial charge in [-0.3, -0.25) is 0 Å². The topological polar surface area (TPSA) is 35.5 Å². The van der Waals surface area contributed by atoms with Gasteiger partial charge in [-0.15, -0.1) is 0 Å². The summed E-state index contributed by atoms with van der Waals surface area (Å²) < 4.78 is 10.2. The Morgan fingerprint density at radius 1 is 0.850 bits per heavy atom. The summed E-state index contributed by atoms with van der Waals surface area (Å²) in [5.41, 5.74) is 0. The zero-order valence-corrected chi connectivity index (χ0v) is 13.2. The predicted octanol–water partition coefficient (Wildman–Crippen LogP) is 4.65. The van der Waals surface area contributed by atoms with Gasteiger partial charge in [0.2, 0.25) is 0 Å². The smallest absolute Gasteiger partial charge is 0.330 e. The van der Waals surface area contributed by atoms with E-state index in [9.17, 15) is 4.79 Å². The van der Waals surface area contributed by atoms with Gasteiger partial charge in [0.05, 0.1) is 6.61 Å². The predicted molar refractivity (Wildman–Crippen MR) is 83.8 cm³/mol. The van der Waals surface area contributed by atoms with Crippen molar-refractivity contribution in [1.82, 2.24) is 0 Å². The minimum absolute atomic E-state index is 0.311. The van der Waals surface area contributed by atoms with E-state index in [1.165, 1.54) is 57.4 Å². The van der Waals surface area contributed by atoms with Gasteiger partial charge in [-0.25, -0.2) is 4.79 Å². The van der Waals surface area contributed by atoms with Gasteiger partial charge in [-0.1, -0.05) is 57.9 Å². The van der Waals surface area contributed by atoms with Crippen LogP contribution < -0.4 is 0 Å². The summed E-state index contributed by atoms with van der Waals surface area (Å²) in [5, 5.41) is 0. The molecule has 0 aromatic heterocycles. The first kappa shape index (κ1) is 19.2. The van der Waals surface area contributed by atoms with E-state index in [2.05, 4.69) is 6.58 Å². The number of carbonyl (C=O) groups is 1. The van der Waals surface area contributed by atoms with Crippen molar-refractivity contribution in [2.24, 2.45) is 0 Å². The monoisotopic (exact) mass is 284 g/mol. The van der Waals surface area contributed by atoms with E-state index in [1.54, 1.807) is 0 Å². The molecule has 0 rings (SSSR count). The van der Waals surface area contributed by atoms with Gasteiger partial charge < -0.3 is 9.47 Å². The number of hydrogen-bond acceptors (Lipinski definition) is 3. The lowest BCUT2D eigenvalue weighted by molar-refractivity contribution is -0.137. The molecule has 0 saturated heterocycles. The van der Waals surface area contributed by atoms with Crippen LogP contribution in [0.4, 0.5) is 0 Å². The molecule has 3 heteroatoms. The molecule has 0 aliphatic heterocycles. The highest BCUT2D eigenvalue weighted by atomic mass is 16.5. The Morgan fingerprint density at radius 3 is 1.75 bits per heavy atom. The van der Waals surface area contributed by atoms with E-state index in [4.69, 9.17) is 9.47 Å². The van der Waals surface area contributed by atoms with E-state index < -0.39 is 0 Å². The van der Waals surface area contributed by atoms with Gasteiger partial charge in [0.25, 0.3) is 0 Å². The normalized spacial score (nSPS) is 10.4. The van der Waals surface area contributed by atoms with Gasteiger partial charge in [-0.05, 0) is 19.8 Å². The fraction of sp³-hybridized carbons (Fsp3) is 0.824. The molecular weight excluding hydrogens is 252 g/mol. The van der Waals surface area contributed by atoms with Crippen LogP contribution in [0.2, 0.25) is 0 Å². The zero-order valence-electron chi connectivity index (χ0n) is 13.2. The van der Waals surface area contributed by atoms with Crippen LogP contribution in [0.1, 0.15) is 71.1 Å². The van der Waals surface area contributed by atoms with Gasteiger partial charge in [0.1, 0.15) is 0 Å². The standard InChI is InChI=1S/C17H32O3/c1-3-17(18)20-16-14-12-10-8-6-5-7-9-11-13-15-19-4-2/h3H,1,4-16H2,2H3. The van der Waals surface area contributed by atoms with Crippen LogP contribution in [0.3, 0.4) is 0 Å². The summed E-state index contributed by atoms with van der Waals surface area (Å²) in [6, 6.07) is 0. The number of hydrogen-bond donors (Lipinski definition) is 0. The van der Waals surface area contributed by atoms with E-state index in [-0.39, 0.29) is 5.97 Å². The minimum atomic E-state index is -0.311. The second kappa shape index (κ2) is 16.2. The van der Waals surface area contributed by atoms with Crippen molar-refractivity contribution in [2.75, 3.05) is 19.8 Å². The number of carbonyl (C=O) groups excluding carboxylic acids is 1. The summed E-state index contributed by atoms with van der Waals surface area (Å²) in [7, 11) is 0. The summed E-state index contributed by atoms with van der Waals surface area (Å²) >= 11 is 0. The van der Waals surface area contributed by atoms with Crippen molar-refractivity contribution in [1.29, 1.82) is 0 Å². The molecule has 20 heavy (non-hydrogen) atoms. The fourth-order valence-electron chi connectivity index (χ4n) is 2.10. The van der Waals surface area contributed by atoms with E-state index in [1.807, 2.05) is 6.92 Å². The molecule has 0 aromatic carbocycles. The van der Waals surface area contributed by atoms with Gasteiger partial charge >= 0.3 is 5.97 Å². The third kappa shape index (κ3) is 15.2. The van der Waals surface area contributed by atoms with Crippen LogP contribution in [0.25, 0.3) is 0 Å². The lowest BCUT2D eigenvalue weighted by atomic mass is 10.1. The second-order valence-electron chi connectivity index (χ2n) is 5.10. The molecule has 0 fully saturated rings. The Bertz CT molecular complexity index is 226. The van der Waals surface area contributed by atoms with Crippen LogP contribution in [-0.4, -0.2) is 25.8 Å². The van der Waals surface area contributed by atoms with Crippen LogP contribution in [0.5, 0.6) is 0 Å². The minimum Gasteiger partial charge on any atom is -0.463 e. The molecule has 0 aromatic rings. The van der Waals surface area contributed by atoms with Crippen LogP contribution in [-0.2, 0) is 14.3 Å². The molecule has 0 unspecified atom stereocenters. The van der Waals surface area contributed by atoms with Crippen molar-refractivity contribution < 1.29 is 14.3 Å². The number of unbranched alkanes of at least 4 members (excludes halogenated alkanes) is 9. The Balaban J connectivity index is 2.99. The molecule has 0 N–H and O–H groups in total. The zero-order chi connectivity index (χ0) is 14.9. The Hall–Kier alpha value is -0.830. The molecule has 0 radical (unpaired) electrons. The molecule has 0 spiro atoms. The largest absolute Gasteiger partial charge is 0.463 e. The molecule has 3 nitrogen and oxygen atoms in total. The van der Waals surface area contributed by atoms with E-state index in [0.717, 1.165) is 26.1 Å². The molecule has 0 saturated carbocycles. The lowest BCUT2D eigenvalue weighted by Crippen LogP contribution is -2.01. The van der Waals surface area contributed by atoms with Gasteiger partial charge in [0, 0.05) is 19.3 Å². The number of ether oxygens (including phenoxy) is 2. The Labute approximate surface area is 124 Å². The van der Waals surface area contributed by atoms with Crippen molar-refractivity contribution in [3.8, 4) is 0 Å². The average molecular weight is 284 g/mol. The van der Waals surface area contributed by atoms with Gasteiger partial charge in [-0.2, -0.15) is 0 Å². The summed E-state index contributed by atoms with van der Waals surface area (Å²) in [5.74, 6) is -0.311. The Kier molecular flexibility index (Phi) is 15.6. The van der Waals surface area contributed by atoms with E-state index >= 15 is 0 Å².